The van der Waals surface area contributed by atoms with E-state index in [1.807, 2.05) is 20.8 Å². The van der Waals surface area contributed by atoms with Gasteiger partial charge in [-0.05, 0) is 51.8 Å². The quantitative estimate of drug-likeness (QED) is 0.322. The second-order valence-corrected chi connectivity index (χ2v) is 8.87. The molecule has 1 amide bonds. The molecule has 0 unspecified atom stereocenters. The molecule has 0 saturated carbocycles. The lowest BCUT2D eigenvalue weighted by atomic mass is 9.98. The number of hydrogen-bond acceptors (Lipinski definition) is 7. The number of hydroxylamine groups is 2. The van der Waals surface area contributed by atoms with E-state index >= 15 is 0 Å². The van der Waals surface area contributed by atoms with Crippen LogP contribution in [-0.2, 0) is 19.2 Å². The number of nitrogens with one attached hydrogen (secondary N) is 2. The highest BCUT2D eigenvalue weighted by Gasteiger charge is 2.28. The normalized spacial score (nSPS) is 15.1. The molecule has 31 heavy (non-hydrogen) atoms. The monoisotopic (exact) mass is 495 g/mol. The third-order valence-electron chi connectivity index (χ3n) is 4.62. The zero-order valence-electron chi connectivity index (χ0n) is 18.2. The van der Waals surface area contributed by atoms with E-state index in [0.29, 0.717) is 30.0 Å². The first-order valence-electron chi connectivity index (χ1n) is 10.2. The molecule has 9 heteroatoms. The van der Waals surface area contributed by atoms with Crippen molar-refractivity contribution in [2.75, 3.05) is 35.7 Å². The number of benzene rings is 1. The van der Waals surface area contributed by atoms with E-state index in [4.69, 9.17) is 9.57 Å². The van der Waals surface area contributed by atoms with Gasteiger partial charge in [0, 0.05) is 19.1 Å². The number of hydrogen-bond donors (Lipinski definition) is 2. The Morgan fingerprint density at radius 1 is 1.23 bits per heavy atom. The Kier molecular flexibility index (Phi) is 9.06. The largest absolute Gasteiger partial charge is 0.458 e. The van der Waals surface area contributed by atoms with Crippen LogP contribution in [0.25, 0.3) is 0 Å². The Labute approximate surface area is 191 Å². The van der Waals surface area contributed by atoms with Gasteiger partial charge in [0.1, 0.15) is 6.61 Å². The second-order valence-electron chi connectivity index (χ2n) is 8.31. The predicted octanol–water partition coefficient (Wildman–Crippen LogP) is 3.74. The van der Waals surface area contributed by atoms with Crippen molar-refractivity contribution in [3.05, 3.63) is 36.4 Å². The van der Waals surface area contributed by atoms with Crippen molar-refractivity contribution < 1.29 is 24.0 Å². The van der Waals surface area contributed by atoms with Crippen LogP contribution in [0.1, 0.15) is 44.0 Å². The number of amides is 1. The van der Waals surface area contributed by atoms with Crippen molar-refractivity contribution in [3.8, 4) is 0 Å². The number of alkyl halides is 1. The Hall–Kier alpha value is -2.39. The molecule has 0 radical (unpaired) electrons. The minimum atomic E-state index is -0.549. The van der Waals surface area contributed by atoms with Gasteiger partial charge in [0.15, 0.2) is 0 Å². The number of piperidine rings is 1. The zero-order chi connectivity index (χ0) is 23.0. The predicted molar refractivity (Wildman–Crippen MR) is 123 cm³/mol. The number of anilines is 2. The SMILES string of the molecule is C=CCOC(=O)c1ccc(NC2CCN(OC(=O)C(C)(C)C)CC2)c(NC(=O)CBr)c1. The van der Waals surface area contributed by atoms with Gasteiger partial charge in [-0.25, -0.2) is 9.59 Å². The maximum absolute atomic E-state index is 12.1. The summed E-state index contributed by atoms with van der Waals surface area (Å²) in [4.78, 5) is 41.6. The van der Waals surface area contributed by atoms with Crippen LogP contribution in [0.15, 0.2) is 30.9 Å². The van der Waals surface area contributed by atoms with Crippen molar-refractivity contribution in [1.29, 1.82) is 0 Å². The molecule has 0 aliphatic carbocycles. The molecule has 0 bridgehead atoms. The standard InChI is InChI=1S/C22H30BrN3O5/c1-5-12-30-20(28)15-6-7-17(18(13-15)25-19(27)14-23)24-16-8-10-26(11-9-16)31-21(29)22(2,3)4/h5-7,13,16,24H,1,8-12,14H2,2-4H3,(H,25,27). The molecule has 1 aliphatic rings. The Morgan fingerprint density at radius 2 is 1.90 bits per heavy atom. The van der Waals surface area contributed by atoms with Crippen LogP contribution in [0.3, 0.4) is 0 Å². The van der Waals surface area contributed by atoms with Crippen molar-refractivity contribution in [1.82, 2.24) is 5.06 Å². The van der Waals surface area contributed by atoms with E-state index in [2.05, 4.69) is 33.1 Å². The summed E-state index contributed by atoms with van der Waals surface area (Å²) < 4.78 is 5.07. The number of nitrogens with zero attached hydrogens (tertiary/aromatic N) is 1. The molecule has 2 rings (SSSR count). The molecule has 8 nitrogen and oxygen atoms in total. The fourth-order valence-electron chi connectivity index (χ4n) is 2.87. The van der Waals surface area contributed by atoms with E-state index in [0.717, 1.165) is 12.8 Å². The molecule has 170 valence electrons. The highest BCUT2D eigenvalue weighted by Crippen LogP contribution is 2.27. The van der Waals surface area contributed by atoms with Crippen molar-refractivity contribution in [2.24, 2.45) is 5.41 Å². The van der Waals surface area contributed by atoms with E-state index in [-0.39, 0.29) is 29.9 Å². The van der Waals surface area contributed by atoms with Gasteiger partial charge < -0.3 is 20.2 Å². The molecule has 0 atom stereocenters. The van der Waals surface area contributed by atoms with Crippen LogP contribution >= 0.6 is 15.9 Å². The van der Waals surface area contributed by atoms with Gasteiger partial charge in [-0.2, -0.15) is 0 Å². The maximum Gasteiger partial charge on any atom is 0.338 e. The van der Waals surface area contributed by atoms with Crippen molar-refractivity contribution in [2.45, 2.75) is 39.7 Å². The lowest BCUT2D eigenvalue weighted by Gasteiger charge is -2.33. The summed E-state index contributed by atoms with van der Waals surface area (Å²) in [6.07, 6.45) is 3.01. The molecule has 1 saturated heterocycles. The van der Waals surface area contributed by atoms with Crippen LogP contribution < -0.4 is 10.6 Å². The van der Waals surface area contributed by atoms with Gasteiger partial charge in [0.05, 0.1) is 27.7 Å². The summed E-state index contributed by atoms with van der Waals surface area (Å²) in [6.45, 7) is 10.3. The third kappa shape index (κ3) is 7.66. The number of carbonyl (C=O) groups is 3. The molecular formula is C22H30BrN3O5. The average molecular weight is 496 g/mol. The number of carbonyl (C=O) groups excluding carboxylic acids is 3. The van der Waals surface area contributed by atoms with E-state index in [9.17, 15) is 14.4 Å². The minimum Gasteiger partial charge on any atom is -0.458 e. The summed E-state index contributed by atoms with van der Waals surface area (Å²) >= 11 is 3.13. The summed E-state index contributed by atoms with van der Waals surface area (Å²) in [5.41, 5.74) is 0.992. The molecule has 0 aromatic heterocycles. The number of halogens is 1. The van der Waals surface area contributed by atoms with Gasteiger partial charge >= 0.3 is 11.9 Å². The van der Waals surface area contributed by atoms with E-state index in [1.165, 1.54) is 6.08 Å². The van der Waals surface area contributed by atoms with Crippen molar-refractivity contribution in [3.63, 3.8) is 0 Å². The maximum atomic E-state index is 12.1. The van der Waals surface area contributed by atoms with Crippen molar-refractivity contribution >= 4 is 45.2 Å². The van der Waals surface area contributed by atoms with Gasteiger partial charge in [-0.1, -0.05) is 28.6 Å². The highest BCUT2D eigenvalue weighted by molar-refractivity contribution is 9.09. The van der Waals surface area contributed by atoms with Gasteiger partial charge in [0.25, 0.3) is 0 Å². The number of rotatable bonds is 8. The molecule has 2 N–H and O–H groups in total. The number of ether oxygens (including phenoxy) is 1. The second kappa shape index (κ2) is 11.3. The van der Waals surface area contributed by atoms with Gasteiger partial charge in [-0.3, -0.25) is 4.79 Å². The third-order valence-corrected chi connectivity index (χ3v) is 5.13. The Bertz CT molecular complexity index is 814. The molecule has 1 aromatic carbocycles. The van der Waals surface area contributed by atoms with Crippen LogP contribution in [-0.4, -0.2) is 54.0 Å². The molecule has 1 heterocycles. The summed E-state index contributed by atoms with van der Waals surface area (Å²) in [5, 5.41) is 8.05. The molecule has 0 spiro atoms. The average Bonchev–Trinajstić information content (AvgIpc) is 2.73. The minimum absolute atomic E-state index is 0.111. The van der Waals surface area contributed by atoms with Crippen LogP contribution in [0.2, 0.25) is 0 Å². The fraction of sp³-hybridized carbons (Fsp3) is 0.500. The van der Waals surface area contributed by atoms with E-state index < -0.39 is 11.4 Å². The smallest absolute Gasteiger partial charge is 0.338 e. The fourth-order valence-corrected chi connectivity index (χ4v) is 3.01. The van der Waals surface area contributed by atoms with Gasteiger partial charge in [0.2, 0.25) is 5.91 Å². The first kappa shape index (κ1) is 24.9. The Morgan fingerprint density at radius 3 is 2.48 bits per heavy atom. The summed E-state index contributed by atoms with van der Waals surface area (Å²) in [7, 11) is 0. The Balaban J connectivity index is 2.04. The summed E-state index contributed by atoms with van der Waals surface area (Å²) in [5.74, 6) is -0.976. The number of esters is 1. The highest BCUT2D eigenvalue weighted by atomic mass is 79.9. The van der Waals surface area contributed by atoms with E-state index in [1.54, 1.807) is 23.3 Å². The first-order chi connectivity index (χ1) is 14.6. The first-order valence-corrected chi connectivity index (χ1v) is 11.3. The zero-order valence-corrected chi connectivity index (χ0v) is 19.8. The van der Waals surface area contributed by atoms with Crippen LogP contribution in [0.4, 0.5) is 11.4 Å². The van der Waals surface area contributed by atoms with Crippen LogP contribution in [0.5, 0.6) is 0 Å². The molecule has 1 fully saturated rings. The van der Waals surface area contributed by atoms with Gasteiger partial charge in [-0.15, -0.1) is 5.06 Å². The molecule has 1 aliphatic heterocycles. The topological polar surface area (TPSA) is 97.0 Å². The lowest BCUT2D eigenvalue weighted by molar-refractivity contribution is -0.204. The van der Waals surface area contributed by atoms with Crippen LogP contribution in [0, 0.1) is 5.41 Å². The summed E-state index contributed by atoms with van der Waals surface area (Å²) in [6, 6.07) is 5.12. The molecule has 1 aromatic rings. The molecular weight excluding hydrogens is 466 g/mol. The lowest BCUT2D eigenvalue weighted by Crippen LogP contribution is -2.42.